The molecule has 0 aromatic carbocycles. The second-order valence-electron chi connectivity index (χ2n) is 4.82. The maximum Gasteiger partial charge on any atom is 0.215 e. The lowest BCUT2D eigenvalue weighted by molar-refractivity contribution is 0.403. The summed E-state index contributed by atoms with van der Waals surface area (Å²) in [6.07, 6.45) is 3.30. The summed E-state index contributed by atoms with van der Waals surface area (Å²) in [5.74, 6) is 0.389. The SMILES string of the molecule is CCS(=O)c1cn2c(-c3cc(N)nc(F)c3)cnc2cc1OC. The summed E-state index contributed by atoms with van der Waals surface area (Å²) in [5, 5.41) is 0. The minimum Gasteiger partial charge on any atom is -0.495 e. The average molecular weight is 334 g/mol. The minimum atomic E-state index is -1.20. The van der Waals surface area contributed by atoms with E-state index in [1.807, 2.05) is 6.92 Å². The summed E-state index contributed by atoms with van der Waals surface area (Å²) in [5.41, 5.74) is 7.38. The van der Waals surface area contributed by atoms with Crippen LogP contribution in [0.1, 0.15) is 6.92 Å². The van der Waals surface area contributed by atoms with E-state index in [4.69, 9.17) is 10.5 Å². The number of imidazole rings is 1. The van der Waals surface area contributed by atoms with Crippen molar-refractivity contribution in [1.29, 1.82) is 0 Å². The van der Waals surface area contributed by atoms with E-state index < -0.39 is 16.7 Å². The third-order valence-corrected chi connectivity index (χ3v) is 4.73. The Morgan fingerprint density at radius 2 is 2.17 bits per heavy atom. The number of nitrogen functional groups attached to an aromatic ring is 1. The Morgan fingerprint density at radius 1 is 1.39 bits per heavy atom. The van der Waals surface area contributed by atoms with Crippen LogP contribution in [0.25, 0.3) is 16.9 Å². The normalized spacial score (nSPS) is 12.5. The highest BCUT2D eigenvalue weighted by molar-refractivity contribution is 7.85. The third kappa shape index (κ3) is 2.77. The topological polar surface area (TPSA) is 82.5 Å². The first-order valence-corrected chi connectivity index (χ1v) is 8.22. The van der Waals surface area contributed by atoms with E-state index in [2.05, 4.69) is 9.97 Å². The van der Waals surface area contributed by atoms with E-state index in [0.29, 0.717) is 33.3 Å². The standard InChI is InChI=1S/C15H15FN4O2S/c1-3-23(21)12-8-20-10(7-18-15(20)6-11(12)22-2)9-4-13(16)19-14(17)5-9/h4-8H,3H2,1-2H3,(H2,17,19). The van der Waals surface area contributed by atoms with E-state index in [1.54, 1.807) is 28.9 Å². The Labute approximate surface area is 134 Å². The highest BCUT2D eigenvalue weighted by atomic mass is 32.2. The second-order valence-corrected chi connectivity index (χ2v) is 6.52. The van der Waals surface area contributed by atoms with Crippen LogP contribution in [0.5, 0.6) is 5.75 Å². The number of anilines is 1. The molecule has 3 aromatic heterocycles. The number of ether oxygens (including phenoxy) is 1. The molecule has 1 unspecified atom stereocenters. The zero-order chi connectivity index (χ0) is 16.6. The molecular formula is C15H15FN4O2S. The first-order chi connectivity index (χ1) is 11.0. The highest BCUT2D eigenvalue weighted by Crippen LogP contribution is 2.29. The van der Waals surface area contributed by atoms with Crippen molar-refractivity contribution in [3.8, 4) is 17.0 Å². The van der Waals surface area contributed by atoms with Gasteiger partial charge in [-0.3, -0.25) is 8.61 Å². The van der Waals surface area contributed by atoms with Gasteiger partial charge in [-0.15, -0.1) is 0 Å². The summed E-state index contributed by atoms with van der Waals surface area (Å²) < 4.78 is 32.8. The van der Waals surface area contributed by atoms with Crippen molar-refractivity contribution in [3.05, 3.63) is 36.5 Å². The van der Waals surface area contributed by atoms with Crippen LogP contribution in [0, 0.1) is 5.95 Å². The Morgan fingerprint density at radius 3 is 2.83 bits per heavy atom. The molecule has 23 heavy (non-hydrogen) atoms. The number of hydrogen-bond acceptors (Lipinski definition) is 5. The molecule has 3 rings (SSSR count). The minimum absolute atomic E-state index is 0.0841. The van der Waals surface area contributed by atoms with Gasteiger partial charge < -0.3 is 10.5 Å². The number of halogens is 1. The molecule has 0 saturated carbocycles. The van der Waals surface area contributed by atoms with Crippen molar-refractivity contribution in [2.75, 3.05) is 18.6 Å². The summed E-state index contributed by atoms with van der Waals surface area (Å²) in [7, 11) is 0.319. The molecule has 0 fully saturated rings. The molecule has 0 amide bonds. The van der Waals surface area contributed by atoms with Crippen LogP contribution >= 0.6 is 0 Å². The van der Waals surface area contributed by atoms with Gasteiger partial charge in [-0.05, 0) is 6.07 Å². The van der Waals surface area contributed by atoms with Crippen molar-refractivity contribution in [2.24, 2.45) is 0 Å². The first kappa shape index (κ1) is 15.4. The molecule has 0 bridgehead atoms. The summed E-state index contributed by atoms with van der Waals surface area (Å²) in [4.78, 5) is 8.37. The van der Waals surface area contributed by atoms with Gasteiger partial charge in [0.15, 0.2) is 0 Å². The van der Waals surface area contributed by atoms with Crippen LogP contribution < -0.4 is 10.5 Å². The lowest BCUT2D eigenvalue weighted by Gasteiger charge is -2.10. The van der Waals surface area contributed by atoms with Crippen molar-refractivity contribution in [1.82, 2.24) is 14.4 Å². The number of hydrogen-bond donors (Lipinski definition) is 1. The van der Waals surface area contributed by atoms with Gasteiger partial charge in [-0.2, -0.15) is 4.39 Å². The van der Waals surface area contributed by atoms with Crippen molar-refractivity contribution in [2.45, 2.75) is 11.8 Å². The lowest BCUT2D eigenvalue weighted by Crippen LogP contribution is -2.02. The molecule has 6 nitrogen and oxygen atoms in total. The number of fused-ring (bicyclic) bond motifs is 1. The molecule has 0 aliphatic heterocycles. The average Bonchev–Trinajstić information content (AvgIpc) is 2.94. The molecule has 120 valence electrons. The highest BCUT2D eigenvalue weighted by Gasteiger charge is 2.15. The van der Waals surface area contributed by atoms with E-state index in [9.17, 15) is 8.60 Å². The van der Waals surface area contributed by atoms with Crippen LogP contribution in [0.2, 0.25) is 0 Å². The van der Waals surface area contributed by atoms with Crippen LogP contribution in [-0.4, -0.2) is 31.4 Å². The molecule has 1 atom stereocenters. The maximum atomic E-state index is 13.5. The summed E-state index contributed by atoms with van der Waals surface area (Å²) in [6, 6.07) is 4.54. The Kier molecular flexibility index (Phi) is 3.99. The Bertz CT molecular complexity index is 890. The van der Waals surface area contributed by atoms with Gasteiger partial charge in [0.2, 0.25) is 5.95 Å². The number of nitrogens with zero attached hydrogens (tertiary/aromatic N) is 3. The van der Waals surface area contributed by atoms with E-state index in [-0.39, 0.29) is 5.82 Å². The number of pyridine rings is 2. The Balaban J connectivity index is 2.25. The molecule has 0 radical (unpaired) electrons. The van der Waals surface area contributed by atoms with Crippen molar-refractivity contribution in [3.63, 3.8) is 0 Å². The molecule has 3 aromatic rings. The fourth-order valence-corrected chi connectivity index (χ4v) is 3.25. The second kappa shape index (κ2) is 5.96. The molecule has 0 spiro atoms. The molecule has 0 aliphatic carbocycles. The largest absolute Gasteiger partial charge is 0.495 e. The zero-order valence-corrected chi connectivity index (χ0v) is 13.4. The third-order valence-electron chi connectivity index (χ3n) is 3.41. The van der Waals surface area contributed by atoms with Crippen molar-refractivity contribution >= 4 is 22.3 Å². The quantitative estimate of drug-likeness (QED) is 0.740. The monoisotopic (exact) mass is 334 g/mol. The predicted molar refractivity (Wildman–Crippen MR) is 86.3 cm³/mol. The number of nitrogens with two attached hydrogens (primary N) is 1. The molecule has 3 heterocycles. The Hall–Kier alpha value is -2.48. The van der Waals surface area contributed by atoms with Gasteiger partial charge in [0.1, 0.15) is 17.2 Å². The summed E-state index contributed by atoms with van der Waals surface area (Å²) in [6.45, 7) is 1.83. The number of aromatic nitrogens is 3. The van der Waals surface area contributed by atoms with Crippen LogP contribution in [0.4, 0.5) is 10.2 Å². The molecule has 2 N–H and O–H groups in total. The first-order valence-electron chi connectivity index (χ1n) is 6.90. The van der Waals surface area contributed by atoms with Gasteiger partial charge in [0, 0.05) is 29.6 Å². The van der Waals surface area contributed by atoms with Crippen LogP contribution in [0.3, 0.4) is 0 Å². The van der Waals surface area contributed by atoms with Gasteiger partial charge in [-0.1, -0.05) is 6.92 Å². The zero-order valence-electron chi connectivity index (χ0n) is 12.6. The molecule has 0 aliphatic rings. The predicted octanol–water partition coefficient (Wildman–Crippen LogP) is 2.25. The lowest BCUT2D eigenvalue weighted by atomic mass is 10.2. The smallest absolute Gasteiger partial charge is 0.215 e. The number of rotatable bonds is 4. The molecule has 8 heteroatoms. The molecule has 0 saturated heterocycles. The van der Waals surface area contributed by atoms with Gasteiger partial charge in [0.25, 0.3) is 0 Å². The van der Waals surface area contributed by atoms with E-state index >= 15 is 0 Å². The summed E-state index contributed by atoms with van der Waals surface area (Å²) >= 11 is 0. The van der Waals surface area contributed by atoms with Crippen LogP contribution in [-0.2, 0) is 10.8 Å². The van der Waals surface area contributed by atoms with Gasteiger partial charge >= 0.3 is 0 Å². The maximum absolute atomic E-state index is 13.5. The van der Waals surface area contributed by atoms with E-state index in [1.165, 1.54) is 13.2 Å². The van der Waals surface area contributed by atoms with Gasteiger partial charge in [-0.25, -0.2) is 9.97 Å². The molecular weight excluding hydrogens is 319 g/mol. The van der Waals surface area contributed by atoms with Gasteiger partial charge in [0.05, 0.1) is 34.7 Å². The number of methoxy groups -OCH3 is 1. The fourth-order valence-electron chi connectivity index (χ4n) is 2.35. The fraction of sp³-hybridized carbons (Fsp3) is 0.200. The van der Waals surface area contributed by atoms with Crippen molar-refractivity contribution < 1.29 is 13.3 Å². The van der Waals surface area contributed by atoms with E-state index in [0.717, 1.165) is 0 Å². The van der Waals surface area contributed by atoms with Crippen LogP contribution in [0.15, 0.2) is 35.5 Å².